The largest absolute Gasteiger partial charge is 0.459 e. The molecule has 1 aromatic heterocycles. The number of alkyl halides is 2. The van der Waals surface area contributed by atoms with Gasteiger partial charge >= 0.3 is 12.6 Å². The van der Waals surface area contributed by atoms with E-state index in [1.165, 1.54) is 18.4 Å². The summed E-state index contributed by atoms with van der Waals surface area (Å²) >= 11 is 0. The van der Waals surface area contributed by atoms with Crippen LogP contribution in [0.2, 0.25) is 0 Å². The molecule has 0 unspecified atom stereocenters. The number of urea groups is 1. The van der Waals surface area contributed by atoms with Gasteiger partial charge in [-0.3, -0.25) is 4.79 Å². The van der Waals surface area contributed by atoms with E-state index < -0.39 is 6.61 Å². The predicted octanol–water partition coefficient (Wildman–Crippen LogP) is 3.18. The van der Waals surface area contributed by atoms with Crippen molar-refractivity contribution in [3.05, 3.63) is 47.9 Å². The standard InChI is InChI=1S/C18H19F2N3O4/c1-12-13(4-2-5-14(12)27-17(19)20)21-18(25)23-9-7-22(8-10-23)16(24)15-6-3-11-26-15/h2-6,11,17H,7-10H2,1H3,(H,21,25). The normalized spacial score (nSPS) is 14.4. The van der Waals surface area contributed by atoms with Gasteiger partial charge in [0.1, 0.15) is 5.75 Å². The summed E-state index contributed by atoms with van der Waals surface area (Å²) < 4.78 is 34.4. The molecule has 9 heteroatoms. The summed E-state index contributed by atoms with van der Waals surface area (Å²) in [7, 11) is 0. The first kappa shape index (κ1) is 18.7. The third-order valence-electron chi connectivity index (χ3n) is 4.33. The van der Waals surface area contributed by atoms with Gasteiger partial charge in [-0.05, 0) is 31.2 Å². The first-order valence-electron chi connectivity index (χ1n) is 8.39. The molecular weight excluding hydrogens is 360 g/mol. The summed E-state index contributed by atoms with van der Waals surface area (Å²) in [6.07, 6.45) is 1.44. The van der Waals surface area contributed by atoms with E-state index in [0.29, 0.717) is 37.4 Å². The third kappa shape index (κ3) is 4.36. The number of furan rings is 1. The van der Waals surface area contributed by atoms with Crippen LogP contribution in [0.4, 0.5) is 19.3 Å². The van der Waals surface area contributed by atoms with Crippen molar-refractivity contribution in [2.75, 3.05) is 31.5 Å². The molecule has 3 rings (SSSR count). The fourth-order valence-corrected chi connectivity index (χ4v) is 2.84. The summed E-state index contributed by atoms with van der Waals surface area (Å²) in [6, 6.07) is 7.43. The Labute approximate surface area is 154 Å². The highest BCUT2D eigenvalue weighted by atomic mass is 19.3. The van der Waals surface area contributed by atoms with Gasteiger partial charge in [-0.2, -0.15) is 8.78 Å². The highest BCUT2D eigenvalue weighted by Crippen LogP contribution is 2.27. The fourth-order valence-electron chi connectivity index (χ4n) is 2.84. The number of rotatable bonds is 4. The summed E-state index contributed by atoms with van der Waals surface area (Å²) in [6.45, 7) is 0.109. The van der Waals surface area contributed by atoms with Gasteiger partial charge in [-0.1, -0.05) is 6.07 Å². The number of ether oxygens (including phenoxy) is 1. The number of amides is 3. The smallest absolute Gasteiger partial charge is 0.387 e. The van der Waals surface area contributed by atoms with Gasteiger partial charge in [0.2, 0.25) is 0 Å². The van der Waals surface area contributed by atoms with E-state index in [4.69, 9.17) is 4.42 Å². The zero-order chi connectivity index (χ0) is 19.4. The van der Waals surface area contributed by atoms with Gasteiger partial charge in [0.25, 0.3) is 5.91 Å². The van der Waals surface area contributed by atoms with Crippen LogP contribution in [-0.2, 0) is 0 Å². The molecule has 3 amide bonds. The Morgan fingerprint density at radius 3 is 2.44 bits per heavy atom. The van der Waals surface area contributed by atoms with E-state index in [-0.39, 0.29) is 23.4 Å². The molecule has 1 fully saturated rings. The highest BCUT2D eigenvalue weighted by Gasteiger charge is 2.26. The van der Waals surface area contributed by atoms with E-state index in [9.17, 15) is 18.4 Å². The molecule has 0 radical (unpaired) electrons. The molecule has 1 aliphatic rings. The molecule has 0 spiro atoms. The van der Waals surface area contributed by atoms with E-state index in [2.05, 4.69) is 10.1 Å². The Balaban J connectivity index is 1.58. The van der Waals surface area contributed by atoms with Crippen molar-refractivity contribution in [2.45, 2.75) is 13.5 Å². The predicted molar refractivity (Wildman–Crippen MR) is 93.0 cm³/mol. The van der Waals surface area contributed by atoms with Crippen LogP contribution in [0.3, 0.4) is 0 Å². The van der Waals surface area contributed by atoms with Crippen molar-refractivity contribution >= 4 is 17.6 Å². The van der Waals surface area contributed by atoms with E-state index in [1.807, 2.05) is 0 Å². The molecule has 0 bridgehead atoms. The average Bonchev–Trinajstić information content (AvgIpc) is 3.19. The van der Waals surface area contributed by atoms with Crippen LogP contribution in [0.25, 0.3) is 0 Å². The second-order valence-electron chi connectivity index (χ2n) is 5.99. The highest BCUT2D eigenvalue weighted by molar-refractivity contribution is 5.92. The number of nitrogens with one attached hydrogen (secondary N) is 1. The molecule has 0 aliphatic carbocycles. The van der Waals surface area contributed by atoms with Crippen LogP contribution in [0.1, 0.15) is 16.1 Å². The molecule has 1 aliphatic heterocycles. The molecule has 27 heavy (non-hydrogen) atoms. The van der Waals surface area contributed by atoms with Gasteiger partial charge in [-0.15, -0.1) is 0 Å². The third-order valence-corrected chi connectivity index (χ3v) is 4.33. The van der Waals surface area contributed by atoms with Crippen LogP contribution in [0.15, 0.2) is 41.0 Å². The lowest BCUT2D eigenvalue weighted by molar-refractivity contribution is -0.0502. The van der Waals surface area contributed by atoms with Crippen LogP contribution in [-0.4, -0.2) is 54.5 Å². The van der Waals surface area contributed by atoms with Crippen LogP contribution in [0, 0.1) is 6.92 Å². The molecule has 144 valence electrons. The molecule has 0 atom stereocenters. The molecule has 1 saturated heterocycles. The van der Waals surface area contributed by atoms with E-state index in [1.54, 1.807) is 34.9 Å². The first-order valence-corrected chi connectivity index (χ1v) is 8.39. The van der Waals surface area contributed by atoms with E-state index in [0.717, 1.165) is 0 Å². The lowest BCUT2D eigenvalue weighted by atomic mass is 10.2. The summed E-state index contributed by atoms with van der Waals surface area (Å²) in [4.78, 5) is 27.9. The van der Waals surface area contributed by atoms with Crippen molar-refractivity contribution < 1.29 is 27.5 Å². The molecule has 0 saturated carbocycles. The molecule has 7 nitrogen and oxygen atoms in total. The fraction of sp³-hybridized carbons (Fsp3) is 0.333. The average molecular weight is 379 g/mol. The minimum atomic E-state index is -2.94. The minimum Gasteiger partial charge on any atom is -0.459 e. The van der Waals surface area contributed by atoms with Gasteiger partial charge in [0, 0.05) is 37.4 Å². The summed E-state index contributed by atoms with van der Waals surface area (Å²) in [5.41, 5.74) is 0.810. The molecule has 2 heterocycles. The Morgan fingerprint density at radius 1 is 1.11 bits per heavy atom. The maximum absolute atomic E-state index is 12.5. The molecule has 1 aromatic carbocycles. The van der Waals surface area contributed by atoms with Crippen molar-refractivity contribution in [1.29, 1.82) is 0 Å². The van der Waals surface area contributed by atoms with Crippen molar-refractivity contribution in [1.82, 2.24) is 9.80 Å². The quantitative estimate of drug-likeness (QED) is 0.885. The number of carbonyl (C=O) groups excluding carboxylic acids is 2. The monoisotopic (exact) mass is 379 g/mol. The maximum atomic E-state index is 12.5. The van der Waals surface area contributed by atoms with Gasteiger partial charge in [-0.25, -0.2) is 4.79 Å². The molecule has 2 aromatic rings. The van der Waals surface area contributed by atoms with Gasteiger partial charge < -0.3 is 24.3 Å². The minimum absolute atomic E-state index is 0.0108. The van der Waals surface area contributed by atoms with Crippen LogP contribution < -0.4 is 10.1 Å². The Bertz CT molecular complexity index is 803. The van der Waals surface area contributed by atoms with Crippen LogP contribution in [0.5, 0.6) is 5.75 Å². The molecule has 1 N–H and O–H groups in total. The number of hydrogen-bond donors (Lipinski definition) is 1. The van der Waals surface area contributed by atoms with Crippen LogP contribution >= 0.6 is 0 Å². The number of halogens is 2. The number of nitrogens with zero attached hydrogens (tertiary/aromatic N) is 2. The van der Waals surface area contributed by atoms with Gasteiger partial charge in [0.15, 0.2) is 5.76 Å². The molecular formula is C18H19F2N3O4. The second kappa shape index (κ2) is 8.07. The Morgan fingerprint density at radius 2 is 1.81 bits per heavy atom. The Hall–Kier alpha value is -3.10. The summed E-state index contributed by atoms with van der Waals surface area (Å²) in [5, 5.41) is 2.71. The van der Waals surface area contributed by atoms with Crippen molar-refractivity contribution in [3.8, 4) is 5.75 Å². The Kier molecular flexibility index (Phi) is 5.58. The zero-order valence-electron chi connectivity index (χ0n) is 14.7. The maximum Gasteiger partial charge on any atom is 0.387 e. The van der Waals surface area contributed by atoms with Crippen molar-refractivity contribution in [2.24, 2.45) is 0 Å². The zero-order valence-corrected chi connectivity index (χ0v) is 14.7. The topological polar surface area (TPSA) is 75.0 Å². The van der Waals surface area contributed by atoms with E-state index >= 15 is 0 Å². The van der Waals surface area contributed by atoms with Crippen molar-refractivity contribution in [3.63, 3.8) is 0 Å². The summed E-state index contributed by atoms with van der Waals surface area (Å²) in [5.74, 6) is 0.0591. The van der Waals surface area contributed by atoms with Gasteiger partial charge in [0.05, 0.1) is 6.26 Å². The number of piperazine rings is 1. The lowest BCUT2D eigenvalue weighted by Gasteiger charge is -2.34. The number of benzene rings is 1. The lowest BCUT2D eigenvalue weighted by Crippen LogP contribution is -2.51. The number of anilines is 1. The first-order chi connectivity index (χ1) is 13.0. The number of carbonyl (C=O) groups is 2. The number of hydrogen-bond acceptors (Lipinski definition) is 4. The second-order valence-corrected chi connectivity index (χ2v) is 5.99. The SMILES string of the molecule is Cc1c(NC(=O)N2CCN(C(=O)c3ccco3)CC2)cccc1OC(F)F.